The fourth-order valence-electron chi connectivity index (χ4n) is 2.41. The Hall–Kier alpha value is -1.06. The van der Waals surface area contributed by atoms with Crippen LogP contribution in [0.25, 0.3) is 0 Å². The van der Waals surface area contributed by atoms with Crippen molar-refractivity contribution in [1.29, 1.82) is 0 Å². The van der Waals surface area contributed by atoms with E-state index in [9.17, 15) is 0 Å². The first-order chi connectivity index (χ1) is 8.13. The third kappa shape index (κ3) is 2.99. The summed E-state index contributed by atoms with van der Waals surface area (Å²) in [5.74, 6) is 0.937. The molecular weight excluding hydrogens is 214 g/mol. The quantitative estimate of drug-likeness (QED) is 0.872. The summed E-state index contributed by atoms with van der Waals surface area (Å²) in [6.45, 7) is 3.63. The topological polar surface area (TPSA) is 44.5 Å². The number of aryl methyl sites for hydroxylation is 1. The zero-order chi connectivity index (χ0) is 12.3. The van der Waals surface area contributed by atoms with Crippen LogP contribution in [0.2, 0.25) is 0 Å². The van der Waals surface area contributed by atoms with E-state index in [1.807, 2.05) is 6.07 Å². The molecule has 0 saturated carbocycles. The van der Waals surface area contributed by atoms with E-state index >= 15 is 0 Å². The van der Waals surface area contributed by atoms with Crippen LogP contribution in [0.1, 0.15) is 24.0 Å². The van der Waals surface area contributed by atoms with Gasteiger partial charge in [-0.1, -0.05) is 12.1 Å². The third-order valence-electron chi connectivity index (χ3n) is 3.50. The fourth-order valence-corrected chi connectivity index (χ4v) is 2.41. The van der Waals surface area contributed by atoms with E-state index in [4.69, 9.17) is 15.2 Å². The Kier molecular flexibility index (Phi) is 3.69. The number of nitrogens with two attached hydrogens (primary N) is 1. The maximum absolute atomic E-state index is 6.40. The normalized spacial score (nSPS) is 19.0. The van der Waals surface area contributed by atoms with Gasteiger partial charge in [-0.25, -0.2) is 0 Å². The van der Waals surface area contributed by atoms with Gasteiger partial charge < -0.3 is 15.2 Å². The molecule has 3 nitrogen and oxygen atoms in total. The highest BCUT2D eigenvalue weighted by molar-refractivity contribution is 5.36. The van der Waals surface area contributed by atoms with Gasteiger partial charge in [-0.15, -0.1) is 0 Å². The van der Waals surface area contributed by atoms with Crippen LogP contribution in [0.3, 0.4) is 0 Å². The van der Waals surface area contributed by atoms with Crippen LogP contribution in [0, 0.1) is 6.92 Å². The molecule has 0 aromatic heterocycles. The van der Waals surface area contributed by atoms with Crippen LogP contribution < -0.4 is 10.5 Å². The second-order valence-corrected chi connectivity index (χ2v) is 4.96. The van der Waals surface area contributed by atoms with Gasteiger partial charge in [-0.2, -0.15) is 0 Å². The lowest BCUT2D eigenvalue weighted by Crippen LogP contribution is -2.46. The summed E-state index contributed by atoms with van der Waals surface area (Å²) in [5.41, 5.74) is 8.75. The predicted octanol–water partition coefficient (Wildman–Crippen LogP) is 2.05. The molecule has 17 heavy (non-hydrogen) atoms. The Morgan fingerprint density at radius 3 is 2.65 bits per heavy atom. The molecule has 1 saturated heterocycles. The first-order valence-corrected chi connectivity index (χ1v) is 6.13. The monoisotopic (exact) mass is 235 g/mol. The first kappa shape index (κ1) is 12.4. The van der Waals surface area contributed by atoms with E-state index in [-0.39, 0.29) is 5.54 Å². The van der Waals surface area contributed by atoms with Crippen molar-refractivity contribution in [2.45, 2.75) is 31.7 Å². The Morgan fingerprint density at radius 1 is 1.35 bits per heavy atom. The van der Waals surface area contributed by atoms with Gasteiger partial charge in [-0.3, -0.25) is 0 Å². The molecule has 1 aliphatic rings. The standard InChI is InChI=1S/C14H21NO2/c1-11-9-12(3-4-13(11)16-2)10-14(15)5-7-17-8-6-14/h3-4,9H,5-8,10,15H2,1-2H3. The van der Waals surface area contributed by atoms with Crippen molar-refractivity contribution in [2.24, 2.45) is 5.73 Å². The number of methoxy groups -OCH3 is 1. The number of hydrogen-bond donors (Lipinski definition) is 1. The van der Waals surface area contributed by atoms with Crippen molar-refractivity contribution in [3.63, 3.8) is 0 Å². The average molecular weight is 235 g/mol. The van der Waals surface area contributed by atoms with Crippen LogP contribution in [-0.4, -0.2) is 25.9 Å². The zero-order valence-corrected chi connectivity index (χ0v) is 10.7. The second-order valence-electron chi connectivity index (χ2n) is 4.96. The second kappa shape index (κ2) is 5.07. The molecule has 3 heteroatoms. The van der Waals surface area contributed by atoms with Gasteiger partial charge in [-0.05, 0) is 43.4 Å². The number of benzene rings is 1. The van der Waals surface area contributed by atoms with Gasteiger partial charge in [0.25, 0.3) is 0 Å². The van der Waals surface area contributed by atoms with Crippen molar-refractivity contribution in [2.75, 3.05) is 20.3 Å². The first-order valence-electron chi connectivity index (χ1n) is 6.13. The molecule has 1 aliphatic heterocycles. The molecule has 94 valence electrons. The molecule has 1 aromatic rings. The maximum Gasteiger partial charge on any atom is 0.121 e. The van der Waals surface area contributed by atoms with Crippen LogP contribution in [0.5, 0.6) is 5.75 Å². The summed E-state index contributed by atoms with van der Waals surface area (Å²) in [7, 11) is 1.70. The van der Waals surface area contributed by atoms with Gasteiger partial charge >= 0.3 is 0 Å². The maximum atomic E-state index is 6.40. The summed E-state index contributed by atoms with van der Waals surface area (Å²) >= 11 is 0. The van der Waals surface area contributed by atoms with Crippen LogP contribution in [-0.2, 0) is 11.2 Å². The van der Waals surface area contributed by atoms with E-state index in [1.165, 1.54) is 11.1 Å². The molecule has 1 heterocycles. The van der Waals surface area contributed by atoms with E-state index in [1.54, 1.807) is 7.11 Å². The van der Waals surface area contributed by atoms with Crippen LogP contribution in [0.15, 0.2) is 18.2 Å². The van der Waals surface area contributed by atoms with E-state index in [0.717, 1.165) is 38.2 Å². The molecule has 2 rings (SSSR count). The van der Waals surface area contributed by atoms with Crippen LogP contribution >= 0.6 is 0 Å². The van der Waals surface area contributed by atoms with Crippen molar-refractivity contribution < 1.29 is 9.47 Å². The molecule has 0 atom stereocenters. The molecule has 0 unspecified atom stereocenters. The molecule has 0 spiro atoms. The molecule has 0 bridgehead atoms. The summed E-state index contributed by atoms with van der Waals surface area (Å²) in [6.07, 6.45) is 2.80. The highest BCUT2D eigenvalue weighted by atomic mass is 16.5. The molecule has 0 aliphatic carbocycles. The minimum atomic E-state index is -0.0979. The van der Waals surface area contributed by atoms with Gasteiger partial charge in [0.1, 0.15) is 5.75 Å². The van der Waals surface area contributed by atoms with Gasteiger partial charge in [0.05, 0.1) is 7.11 Å². The molecule has 0 radical (unpaired) electrons. The molecule has 0 amide bonds. The van der Waals surface area contributed by atoms with Gasteiger partial charge in [0.2, 0.25) is 0 Å². The molecular formula is C14H21NO2. The van der Waals surface area contributed by atoms with Gasteiger partial charge in [0, 0.05) is 18.8 Å². The zero-order valence-electron chi connectivity index (χ0n) is 10.7. The minimum absolute atomic E-state index is 0.0979. The summed E-state index contributed by atoms with van der Waals surface area (Å²) in [5, 5.41) is 0. The van der Waals surface area contributed by atoms with Gasteiger partial charge in [0.15, 0.2) is 0 Å². The van der Waals surface area contributed by atoms with Crippen molar-refractivity contribution in [3.8, 4) is 5.75 Å². The summed E-state index contributed by atoms with van der Waals surface area (Å²) in [6, 6.07) is 6.30. The number of hydrogen-bond acceptors (Lipinski definition) is 3. The van der Waals surface area contributed by atoms with Crippen molar-refractivity contribution in [3.05, 3.63) is 29.3 Å². The van der Waals surface area contributed by atoms with Crippen molar-refractivity contribution in [1.82, 2.24) is 0 Å². The summed E-state index contributed by atoms with van der Waals surface area (Å²) < 4.78 is 10.6. The highest BCUT2D eigenvalue weighted by Crippen LogP contribution is 2.25. The van der Waals surface area contributed by atoms with E-state index < -0.39 is 0 Å². The Morgan fingerprint density at radius 2 is 2.06 bits per heavy atom. The fraction of sp³-hybridized carbons (Fsp3) is 0.571. The molecule has 1 aromatic carbocycles. The number of rotatable bonds is 3. The minimum Gasteiger partial charge on any atom is -0.496 e. The smallest absolute Gasteiger partial charge is 0.121 e. The predicted molar refractivity (Wildman–Crippen MR) is 68.4 cm³/mol. The summed E-state index contributed by atoms with van der Waals surface area (Å²) in [4.78, 5) is 0. The van der Waals surface area contributed by atoms with E-state index in [0.29, 0.717) is 0 Å². The Labute approximate surface area is 103 Å². The largest absolute Gasteiger partial charge is 0.496 e. The van der Waals surface area contributed by atoms with Crippen molar-refractivity contribution >= 4 is 0 Å². The SMILES string of the molecule is COc1ccc(CC2(N)CCOCC2)cc1C. The van der Waals surface area contributed by atoms with Crippen LogP contribution in [0.4, 0.5) is 0 Å². The van der Waals surface area contributed by atoms with E-state index in [2.05, 4.69) is 19.1 Å². The lowest BCUT2D eigenvalue weighted by atomic mass is 9.84. The Balaban J connectivity index is 2.10. The third-order valence-corrected chi connectivity index (χ3v) is 3.50. The molecule has 1 fully saturated rings. The lowest BCUT2D eigenvalue weighted by molar-refractivity contribution is 0.0533. The lowest BCUT2D eigenvalue weighted by Gasteiger charge is -2.33. The molecule has 2 N–H and O–H groups in total. The number of ether oxygens (including phenoxy) is 2. The highest BCUT2D eigenvalue weighted by Gasteiger charge is 2.28. The Bertz CT molecular complexity index is 384. The average Bonchev–Trinajstić information content (AvgIpc) is 2.29.